The highest BCUT2D eigenvalue weighted by Gasteiger charge is 2.21. The summed E-state index contributed by atoms with van der Waals surface area (Å²) in [6.45, 7) is 1.43. The number of esters is 1. The van der Waals surface area contributed by atoms with Gasteiger partial charge in [-0.2, -0.15) is 0 Å². The van der Waals surface area contributed by atoms with Gasteiger partial charge < -0.3 is 10.1 Å². The average molecular weight is 216 g/mol. The van der Waals surface area contributed by atoms with Gasteiger partial charge in [0, 0.05) is 12.7 Å². The first-order chi connectivity index (χ1) is 6.61. The zero-order chi connectivity index (χ0) is 10.6. The van der Waals surface area contributed by atoms with Crippen molar-refractivity contribution in [2.45, 2.75) is 19.4 Å². The van der Waals surface area contributed by atoms with Crippen LogP contribution < -0.4 is 5.32 Å². The standard InChI is InChI=1S/C8H12N2O3S/c1-5(11)9-8-10-6(4-14-8)3-7(12)13-2/h6H,3-4H2,1-2H3,(H,9,10,11)/t6-/m1/s1. The number of ether oxygens (including phenoxy) is 1. The number of rotatable bonds is 2. The van der Waals surface area contributed by atoms with Crippen molar-refractivity contribution < 1.29 is 14.3 Å². The van der Waals surface area contributed by atoms with Crippen molar-refractivity contribution in [3.8, 4) is 0 Å². The molecule has 0 aromatic rings. The van der Waals surface area contributed by atoms with Gasteiger partial charge in [0.25, 0.3) is 0 Å². The Morgan fingerprint density at radius 2 is 2.43 bits per heavy atom. The minimum atomic E-state index is -0.275. The van der Waals surface area contributed by atoms with E-state index in [1.54, 1.807) is 0 Å². The quantitative estimate of drug-likeness (QED) is 0.667. The second-order valence-electron chi connectivity index (χ2n) is 2.86. The molecule has 0 spiro atoms. The summed E-state index contributed by atoms with van der Waals surface area (Å²) in [5.74, 6) is 0.295. The van der Waals surface area contributed by atoms with Gasteiger partial charge in [-0.05, 0) is 0 Å². The van der Waals surface area contributed by atoms with Crippen molar-refractivity contribution in [1.29, 1.82) is 0 Å². The molecule has 78 valence electrons. The molecule has 6 heteroatoms. The molecule has 0 bridgehead atoms. The molecule has 0 aromatic heterocycles. The van der Waals surface area contributed by atoms with E-state index in [1.807, 2.05) is 0 Å². The highest BCUT2D eigenvalue weighted by Crippen LogP contribution is 2.18. The van der Waals surface area contributed by atoms with Crippen LogP contribution in [0.2, 0.25) is 0 Å². The average Bonchev–Trinajstić information content (AvgIpc) is 2.51. The molecule has 14 heavy (non-hydrogen) atoms. The number of methoxy groups -OCH3 is 1. The number of hydrogen-bond acceptors (Lipinski definition) is 5. The fraction of sp³-hybridized carbons (Fsp3) is 0.625. The summed E-state index contributed by atoms with van der Waals surface area (Å²) in [5, 5.41) is 3.17. The highest BCUT2D eigenvalue weighted by atomic mass is 32.2. The molecular formula is C8H12N2O3S. The number of hydrogen-bond donors (Lipinski definition) is 1. The van der Waals surface area contributed by atoms with Gasteiger partial charge in [0.1, 0.15) is 0 Å². The number of carbonyl (C=O) groups is 2. The fourth-order valence-corrected chi connectivity index (χ4v) is 2.00. The van der Waals surface area contributed by atoms with Gasteiger partial charge in [-0.1, -0.05) is 11.8 Å². The van der Waals surface area contributed by atoms with Crippen LogP contribution in [-0.4, -0.2) is 35.9 Å². The number of aliphatic imine (C=N–C) groups is 1. The van der Waals surface area contributed by atoms with Crippen LogP contribution in [0.25, 0.3) is 0 Å². The van der Waals surface area contributed by atoms with Crippen LogP contribution in [0, 0.1) is 0 Å². The Labute approximate surface area is 86.3 Å². The van der Waals surface area contributed by atoms with Crippen molar-refractivity contribution >= 4 is 28.8 Å². The molecule has 0 aromatic carbocycles. The number of nitrogens with one attached hydrogen (secondary N) is 1. The van der Waals surface area contributed by atoms with E-state index in [1.165, 1.54) is 25.8 Å². The normalized spacial score (nSPS) is 20.1. The number of nitrogens with zero attached hydrogens (tertiary/aromatic N) is 1. The van der Waals surface area contributed by atoms with E-state index in [0.717, 1.165) is 0 Å². The Morgan fingerprint density at radius 1 is 1.71 bits per heavy atom. The van der Waals surface area contributed by atoms with Crippen LogP contribution in [0.4, 0.5) is 0 Å². The van der Waals surface area contributed by atoms with E-state index in [-0.39, 0.29) is 24.3 Å². The van der Waals surface area contributed by atoms with Gasteiger partial charge in [-0.25, -0.2) is 0 Å². The summed E-state index contributed by atoms with van der Waals surface area (Å²) in [5.41, 5.74) is 0. The monoisotopic (exact) mass is 216 g/mol. The summed E-state index contributed by atoms with van der Waals surface area (Å²) >= 11 is 1.44. The summed E-state index contributed by atoms with van der Waals surface area (Å²) in [6.07, 6.45) is 0.270. The molecule has 1 aliphatic heterocycles. The van der Waals surface area contributed by atoms with E-state index in [4.69, 9.17) is 0 Å². The van der Waals surface area contributed by atoms with Crippen molar-refractivity contribution in [3.05, 3.63) is 0 Å². The Balaban J connectivity index is 2.41. The summed E-state index contributed by atoms with van der Waals surface area (Å²) < 4.78 is 4.52. The lowest BCUT2D eigenvalue weighted by Crippen LogP contribution is -2.24. The highest BCUT2D eigenvalue weighted by molar-refractivity contribution is 8.14. The Kier molecular flexibility index (Phi) is 3.94. The number of amides is 1. The van der Waals surface area contributed by atoms with E-state index >= 15 is 0 Å². The third-order valence-electron chi connectivity index (χ3n) is 1.63. The smallest absolute Gasteiger partial charge is 0.307 e. The summed E-state index contributed by atoms with van der Waals surface area (Å²) in [6, 6.07) is -0.0747. The van der Waals surface area contributed by atoms with E-state index < -0.39 is 0 Å². The van der Waals surface area contributed by atoms with Crippen LogP contribution in [0.1, 0.15) is 13.3 Å². The molecule has 0 unspecified atom stereocenters. The summed E-state index contributed by atoms with van der Waals surface area (Å²) in [4.78, 5) is 25.8. The van der Waals surface area contributed by atoms with Gasteiger partial charge in [0.2, 0.25) is 5.91 Å². The zero-order valence-corrected chi connectivity index (χ0v) is 8.89. The molecular weight excluding hydrogens is 204 g/mol. The van der Waals surface area contributed by atoms with E-state index in [2.05, 4.69) is 15.0 Å². The first kappa shape index (κ1) is 11.0. The molecule has 0 aliphatic carbocycles. The number of amidine groups is 1. The Hall–Kier alpha value is -1.04. The first-order valence-electron chi connectivity index (χ1n) is 4.17. The van der Waals surface area contributed by atoms with E-state index in [9.17, 15) is 9.59 Å². The second-order valence-corrected chi connectivity index (χ2v) is 3.87. The predicted molar refractivity (Wildman–Crippen MR) is 54.1 cm³/mol. The molecule has 1 atom stereocenters. The molecule has 1 rings (SSSR count). The maximum Gasteiger partial charge on any atom is 0.307 e. The molecule has 5 nitrogen and oxygen atoms in total. The molecule has 0 saturated heterocycles. The van der Waals surface area contributed by atoms with Gasteiger partial charge in [-0.3, -0.25) is 14.6 Å². The van der Waals surface area contributed by atoms with Gasteiger partial charge >= 0.3 is 5.97 Å². The minimum Gasteiger partial charge on any atom is -0.469 e. The molecule has 1 amide bonds. The van der Waals surface area contributed by atoms with Crippen LogP contribution in [0.5, 0.6) is 0 Å². The molecule has 1 aliphatic rings. The predicted octanol–water partition coefficient (Wildman–Crippen LogP) is 0.157. The van der Waals surface area contributed by atoms with Gasteiger partial charge in [0.15, 0.2) is 5.17 Å². The topological polar surface area (TPSA) is 67.8 Å². The van der Waals surface area contributed by atoms with Crippen molar-refractivity contribution in [2.75, 3.05) is 12.9 Å². The fourth-order valence-electron chi connectivity index (χ4n) is 1.01. The molecule has 0 fully saturated rings. The third kappa shape index (κ3) is 3.37. The molecule has 1 heterocycles. The number of carbonyl (C=O) groups excluding carboxylic acids is 2. The Bertz CT molecular complexity index is 278. The van der Waals surface area contributed by atoms with Crippen LogP contribution >= 0.6 is 11.8 Å². The molecule has 0 saturated carbocycles. The van der Waals surface area contributed by atoms with Crippen LogP contribution in [0.3, 0.4) is 0 Å². The lowest BCUT2D eigenvalue weighted by molar-refractivity contribution is -0.140. The maximum absolute atomic E-state index is 10.9. The second kappa shape index (κ2) is 4.99. The van der Waals surface area contributed by atoms with Gasteiger partial charge in [-0.15, -0.1) is 0 Å². The lowest BCUT2D eigenvalue weighted by Gasteiger charge is -2.02. The van der Waals surface area contributed by atoms with Crippen molar-refractivity contribution in [2.24, 2.45) is 4.99 Å². The van der Waals surface area contributed by atoms with Crippen molar-refractivity contribution in [3.63, 3.8) is 0 Å². The third-order valence-corrected chi connectivity index (χ3v) is 2.66. The van der Waals surface area contributed by atoms with Crippen LogP contribution in [-0.2, 0) is 14.3 Å². The largest absolute Gasteiger partial charge is 0.469 e. The van der Waals surface area contributed by atoms with E-state index in [0.29, 0.717) is 10.9 Å². The van der Waals surface area contributed by atoms with Crippen LogP contribution in [0.15, 0.2) is 4.99 Å². The minimum absolute atomic E-state index is 0.0747. The molecule has 0 radical (unpaired) electrons. The SMILES string of the molecule is COC(=O)C[C@@H]1CSC(NC(C)=O)=N1. The lowest BCUT2D eigenvalue weighted by atomic mass is 10.2. The number of thioether (sulfide) groups is 1. The summed E-state index contributed by atoms with van der Waals surface area (Å²) in [7, 11) is 1.35. The first-order valence-corrected chi connectivity index (χ1v) is 5.15. The maximum atomic E-state index is 10.9. The molecule has 1 N–H and O–H groups in total. The Morgan fingerprint density at radius 3 is 3.00 bits per heavy atom. The van der Waals surface area contributed by atoms with Crippen molar-refractivity contribution in [1.82, 2.24) is 5.32 Å². The van der Waals surface area contributed by atoms with Gasteiger partial charge in [0.05, 0.1) is 19.6 Å². The zero-order valence-electron chi connectivity index (χ0n) is 8.07.